The molecule has 1 heteroatoms. The Hall–Kier alpha value is -0.0400. The summed E-state index contributed by atoms with van der Waals surface area (Å²) in [5, 5.41) is 0. The van der Waals surface area contributed by atoms with Crippen LogP contribution >= 0.6 is 0 Å². The molecule has 0 aliphatic carbocycles. The molecule has 0 aromatic carbocycles. The SMILES string of the molecule is CCC(C)(C)C(C)(N)CC. The van der Waals surface area contributed by atoms with Crippen molar-refractivity contribution >= 4 is 0 Å². The van der Waals surface area contributed by atoms with Crippen LogP contribution in [-0.2, 0) is 0 Å². The van der Waals surface area contributed by atoms with Gasteiger partial charge in [-0.25, -0.2) is 0 Å². The molecule has 2 N–H and O–H groups in total. The van der Waals surface area contributed by atoms with E-state index in [4.69, 9.17) is 5.73 Å². The van der Waals surface area contributed by atoms with Crippen LogP contribution in [0.4, 0.5) is 0 Å². The molecule has 0 aliphatic rings. The Morgan fingerprint density at radius 2 is 1.40 bits per heavy atom. The summed E-state index contributed by atoms with van der Waals surface area (Å²) in [4.78, 5) is 0. The van der Waals surface area contributed by atoms with Crippen LogP contribution in [0.15, 0.2) is 0 Å². The first-order valence-corrected chi connectivity index (χ1v) is 4.16. The van der Waals surface area contributed by atoms with Gasteiger partial charge >= 0.3 is 0 Å². The molecular formula is C9H21N. The Bertz CT molecular complexity index is 89.3. The van der Waals surface area contributed by atoms with E-state index in [9.17, 15) is 0 Å². The second-order valence-electron chi connectivity index (χ2n) is 4.01. The standard InChI is InChI=1S/C9H21N/c1-6-8(3,4)9(5,10)7-2/h6-7,10H2,1-5H3. The third kappa shape index (κ3) is 1.72. The van der Waals surface area contributed by atoms with Crippen LogP contribution in [-0.4, -0.2) is 5.54 Å². The van der Waals surface area contributed by atoms with Crippen molar-refractivity contribution in [1.82, 2.24) is 0 Å². The molecule has 0 aliphatic heterocycles. The van der Waals surface area contributed by atoms with Crippen LogP contribution in [0.25, 0.3) is 0 Å². The zero-order valence-electron chi connectivity index (χ0n) is 7.99. The van der Waals surface area contributed by atoms with Gasteiger partial charge in [0.2, 0.25) is 0 Å². The van der Waals surface area contributed by atoms with Crippen molar-refractivity contribution in [2.24, 2.45) is 11.1 Å². The van der Waals surface area contributed by atoms with E-state index in [1.807, 2.05) is 0 Å². The van der Waals surface area contributed by atoms with Gasteiger partial charge in [-0.1, -0.05) is 27.7 Å². The molecule has 0 saturated carbocycles. The summed E-state index contributed by atoms with van der Waals surface area (Å²) in [5.41, 5.74) is 6.36. The molecule has 10 heavy (non-hydrogen) atoms. The highest BCUT2D eigenvalue weighted by Gasteiger charge is 2.33. The Kier molecular flexibility index (Phi) is 2.90. The Labute approximate surface area is 65.0 Å². The molecule has 1 atom stereocenters. The maximum atomic E-state index is 6.10. The quantitative estimate of drug-likeness (QED) is 0.645. The lowest BCUT2D eigenvalue weighted by Gasteiger charge is -2.40. The van der Waals surface area contributed by atoms with E-state index in [0.717, 1.165) is 12.8 Å². The summed E-state index contributed by atoms with van der Waals surface area (Å²) in [7, 11) is 0. The first kappa shape index (κ1) is 9.96. The van der Waals surface area contributed by atoms with Crippen LogP contribution in [0.1, 0.15) is 47.5 Å². The molecule has 0 aromatic rings. The average Bonchev–Trinajstić information content (AvgIpc) is 1.88. The number of nitrogens with two attached hydrogens (primary N) is 1. The van der Waals surface area contributed by atoms with Crippen molar-refractivity contribution in [2.75, 3.05) is 0 Å². The fraction of sp³-hybridized carbons (Fsp3) is 1.00. The number of rotatable bonds is 3. The third-order valence-corrected chi connectivity index (χ3v) is 3.16. The van der Waals surface area contributed by atoms with Gasteiger partial charge in [-0.2, -0.15) is 0 Å². The van der Waals surface area contributed by atoms with Crippen molar-refractivity contribution in [1.29, 1.82) is 0 Å². The van der Waals surface area contributed by atoms with Gasteiger partial charge in [0, 0.05) is 5.54 Å². The molecule has 0 amide bonds. The third-order valence-electron chi connectivity index (χ3n) is 3.16. The minimum atomic E-state index is -0.0122. The second-order valence-corrected chi connectivity index (χ2v) is 4.01. The molecule has 0 heterocycles. The van der Waals surface area contributed by atoms with E-state index < -0.39 is 0 Å². The molecule has 0 bridgehead atoms. The molecular weight excluding hydrogens is 122 g/mol. The van der Waals surface area contributed by atoms with Crippen LogP contribution < -0.4 is 5.73 Å². The van der Waals surface area contributed by atoms with Gasteiger partial charge in [0.05, 0.1) is 0 Å². The average molecular weight is 143 g/mol. The lowest BCUT2D eigenvalue weighted by Crippen LogP contribution is -2.49. The van der Waals surface area contributed by atoms with Gasteiger partial charge in [0.1, 0.15) is 0 Å². The molecule has 0 saturated heterocycles. The van der Waals surface area contributed by atoms with Crippen LogP contribution in [0.2, 0.25) is 0 Å². The van der Waals surface area contributed by atoms with Crippen molar-refractivity contribution < 1.29 is 0 Å². The van der Waals surface area contributed by atoms with E-state index in [0.29, 0.717) is 0 Å². The van der Waals surface area contributed by atoms with Crippen molar-refractivity contribution in [2.45, 2.75) is 53.0 Å². The summed E-state index contributed by atoms with van der Waals surface area (Å²) in [5.74, 6) is 0. The zero-order valence-corrected chi connectivity index (χ0v) is 7.99. The highest BCUT2D eigenvalue weighted by atomic mass is 14.8. The molecule has 62 valence electrons. The Balaban J connectivity index is 4.28. The maximum Gasteiger partial charge on any atom is 0.0174 e. The van der Waals surface area contributed by atoms with Gasteiger partial charge < -0.3 is 5.73 Å². The van der Waals surface area contributed by atoms with Crippen LogP contribution in [0.3, 0.4) is 0 Å². The van der Waals surface area contributed by atoms with Crippen LogP contribution in [0.5, 0.6) is 0 Å². The highest BCUT2D eigenvalue weighted by molar-refractivity contribution is 4.91. The summed E-state index contributed by atoms with van der Waals surface area (Å²) in [6, 6.07) is 0. The molecule has 1 unspecified atom stereocenters. The van der Waals surface area contributed by atoms with Gasteiger partial charge in [0.25, 0.3) is 0 Å². The van der Waals surface area contributed by atoms with Crippen LogP contribution in [0, 0.1) is 5.41 Å². The Morgan fingerprint density at radius 3 is 1.50 bits per heavy atom. The van der Waals surface area contributed by atoms with Crippen molar-refractivity contribution in [3.05, 3.63) is 0 Å². The monoisotopic (exact) mass is 143 g/mol. The largest absolute Gasteiger partial charge is 0.325 e. The van der Waals surface area contributed by atoms with E-state index >= 15 is 0 Å². The smallest absolute Gasteiger partial charge is 0.0174 e. The molecule has 1 nitrogen and oxygen atoms in total. The van der Waals surface area contributed by atoms with Gasteiger partial charge in [-0.3, -0.25) is 0 Å². The lowest BCUT2D eigenvalue weighted by atomic mass is 9.71. The van der Waals surface area contributed by atoms with E-state index in [-0.39, 0.29) is 11.0 Å². The fourth-order valence-electron chi connectivity index (χ4n) is 0.882. The summed E-state index contributed by atoms with van der Waals surface area (Å²) in [6.45, 7) is 10.9. The minimum Gasteiger partial charge on any atom is -0.325 e. The minimum absolute atomic E-state index is 0.0122. The summed E-state index contributed by atoms with van der Waals surface area (Å²) in [6.07, 6.45) is 2.20. The van der Waals surface area contributed by atoms with Crippen molar-refractivity contribution in [3.63, 3.8) is 0 Å². The van der Waals surface area contributed by atoms with Crippen molar-refractivity contribution in [3.8, 4) is 0 Å². The van der Waals surface area contributed by atoms with Gasteiger partial charge in [0.15, 0.2) is 0 Å². The number of hydrogen-bond acceptors (Lipinski definition) is 1. The number of hydrogen-bond donors (Lipinski definition) is 1. The highest BCUT2D eigenvalue weighted by Crippen LogP contribution is 2.33. The molecule has 0 fully saturated rings. The zero-order chi connectivity index (χ0) is 8.41. The summed E-state index contributed by atoms with van der Waals surface area (Å²) >= 11 is 0. The topological polar surface area (TPSA) is 26.0 Å². The second kappa shape index (κ2) is 2.91. The molecule has 0 spiro atoms. The summed E-state index contributed by atoms with van der Waals surface area (Å²) < 4.78 is 0. The fourth-order valence-corrected chi connectivity index (χ4v) is 0.882. The maximum absolute atomic E-state index is 6.10. The van der Waals surface area contributed by atoms with Gasteiger partial charge in [-0.05, 0) is 25.2 Å². The molecule has 0 radical (unpaired) electrons. The van der Waals surface area contributed by atoms with E-state index in [2.05, 4.69) is 34.6 Å². The predicted octanol–water partition coefficient (Wildman–Crippen LogP) is 2.55. The molecule has 0 aromatic heterocycles. The van der Waals surface area contributed by atoms with E-state index in [1.54, 1.807) is 0 Å². The van der Waals surface area contributed by atoms with Gasteiger partial charge in [-0.15, -0.1) is 0 Å². The lowest BCUT2D eigenvalue weighted by molar-refractivity contribution is 0.170. The Morgan fingerprint density at radius 1 is 1.00 bits per heavy atom. The normalized spacial score (nSPS) is 18.6. The first-order chi connectivity index (χ1) is 4.37. The predicted molar refractivity (Wildman–Crippen MR) is 47.0 cm³/mol. The van der Waals surface area contributed by atoms with E-state index in [1.165, 1.54) is 0 Å². The first-order valence-electron chi connectivity index (χ1n) is 4.16. The molecule has 0 rings (SSSR count).